The second-order valence-electron chi connectivity index (χ2n) is 6.99. The van der Waals surface area contributed by atoms with Crippen LogP contribution in [-0.4, -0.2) is 39.8 Å². The predicted molar refractivity (Wildman–Crippen MR) is 92.3 cm³/mol. The molecule has 1 aromatic carbocycles. The van der Waals surface area contributed by atoms with Crippen LogP contribution in [0.1, 0.15) is 37.7 Å². The van der Waals surface area contributed by atoms with Crippen molar-refractivity contribution in [2.75, 3.05) is 5.75 Å². The molecule has 1 fully saturated rings. The van der Waals surface area contributed by atoms with E-state index in [-0.39, 0.29) is 12.8 Å². The van der Waals surface area contributed by atoms with Crippen LogP contribution < -0.4 is 4.72 Å². The Morgan fingerprint density at radius 3 is 2.07 bits per heavy atom. The number of hydrogen-bond acceptors (Lipinski definition) is 4. The average molecular weight is 485 g/mol. The molecule has 0 radical (unpaired) electrons. The SMILES string of the molecule is O=S(=O)(CCC(F)(F)F)N[C@H]1CC[C@](F)(S(=O)(=O)c2cccc(C(F)(F)F)c2)CC1. The summed E-state index contributed by atoms with van der Waals surface area (Å²) in [5, 5.41) is -2.93. The first kappa shape index (κ1) is 24.9. The lowest BCUT2D eigenvalue weighted by atomic mass is 9.94. The zero-order valence-corrected chi connectivity index (χ0v) is 16.9. The van der Waals surface area contributed by atoms with Crippen LogP contribution >= 0.6 is 0 Å². The minimum atomic E-state index is -4.83. The smallest absolute Gasteiger partial charge is 0.226 e. The van der Waals surface area contributed by atoms with Gasteiger partial charge in [-0.15, -0.1) is 0 Å². The molecule has 0 saturated heterocycles. The summed E-state index contributed by atoms with van der Waals surface area (Å²) in [6, 6.07) is 1.64. The lowest BCUT2D eigenvalue weighted by Crippen LogP contribution is -2.45. The van der Waals surface area contributed by atoms with Crippen LogP contribution in [0.3, 0.4) is 0 Å². The number of hydrogen-bond donors (Lipinski definition) is 1. The van der Waals surface area contributed by atoms with Crippen LogP contribution in [0.15, 0.2) is 29.2 Å². The molecule has 0 spiro atoms. The number of benzene rings is 1. The van der Waals surface area contributed by atoms with Crippen molar-refractivity contribution in [3.63, 3.8) is 0 Å². The summed E-state index contributed by atoms with van der Waals surface area (Å²) in [6.07, 6.45) is -13.2. The fourth-order valence-corrected chi connectivity index (χ4v) is 6.15. The highest BCUT2D eigenvalue weighted by molar-refractivity contribution is 7.92. The Morgan fingerprint density at radius 2 is 1.57 bits per heavy atom. The highest BCUT2D eigenvalue weighted by Crippen LogP contribution is 2.41. The Kier molecular flexibility index (Phi) is 6.85. The van der Waals surface area contributed by atoms with Crippen LogP contribution in [0.2, 0.25) is 0 Å². The average Bonchev–Trinajstić information content (AvgIpc) is 2.61. The molecule has 0 amide bonds. The Morgan fingerprint density at radius 1 is 1.00 bits per heavy atom. The van der Waals surface area contributed by atoms with Crippen LogP contribution in [0, 0.1) is 0 Å². The normalized spacial score (nSPS) is 24.0. The predicted octanol–water partition coefficient (Wildman–Crippen LogP) is 3.96. The van der Waals surface area contributed by atoms with Gasteiger partial charge < -0.3 is 0 Å². The number of nitrogens with one attached hydrogen (secondary N) is 1. The molecule has 0 unspecified atom stereocenters. The molecular weight excluding hydrogens is 467 g/mol. The third kappa shape index (κ3) is 6.06. The molecule has 0 bridgehead atoms. The van der Waals surface area contributed by atoms with E-state index in [0.29, 0.717) is 12.1 Å². The maximum Gasteiger partial charge on any atom is 0.416 e. The number of sulfonamides is 1. The molecule has 1 aliphatic carbocycles. The van der Waals surface area contributed by atoms with Crippen molar-refractivity contribution in [1.82, 2.24) is 4.72 Å². The standard InChI is InChI=1S/C16H18F7NO4S2/c17-14(30(27,28)13-3-1-2-11(10-13)16(21,22)23)6-4-12(5-7-14)24-29(25,26)9-8-15(18,19)20/h1-3,10,12,24H,4-9H2/t12-,14-. The van der Waals surface area contributed by atoms with Gasteiger partial charge in [0.2, 0.25) is 24.9 Å². The Labute approximate surface area is 168 Å². The van der Waals surface area contributed by atoms with Gasteiger partial charge in [0.1, 0.15) is 0 Å². The summed E-state index contributed by atoms with van der Waals surface area (Å²) in [6.45, 7) is 0. The molecule has 0 aliphatic heterocycles. The van der Waals surface area contributed by atoms with Crippen molar-refractivity contribution in [2.45, 2.75) is 60.4 Å². The Hall–Kier alpha value is -1.41. The number of rotatable bonds is 6. The maximum absolute atomic E-state index is 15.2. The van der Waals surface area contributed by atoms with Gasteiger partial charge in [-0.25, -0.2) is 25.9 Å². The molecule has 172 valence electrons. The van der Waals surface area contributed by atoms with Gasteiger partial charge in [0.15, 0.2) is 0 Å². The lowest BCUT2D eigenvalue weighted by Gasteiger charge is -2.33. The summed E-state index contributed by atoms with van der Waals surface area (Å²) in [5.74, 6) is -1.23. The van der Waals surface area contributed by atoms with E-state index in [9.17, 15) is 43.2 Å². The molecule has 30 heavy (non-hydrogen) atoms. The molecule has 0 heterocycles. The topological polar surface area (TPSA) is 80.3 Å². The van der Waals surface area contributed by atoms with E-state index in [1.165, 1.54) is 0 Å². The Bertz CT molecular complexity index is 964. The van der Waals surface area contributed by atoms with Gasteiger partial charge >= 0.3 is 12.4 Å². The van der Waals surface area contributed by atoms with Crippen molar-refractivity contribution < 1.29 is 47.6 Å². The molecule has 1 N–H and O–H groups in total. The molecule has 5 nitrogen and oxygen atoms in total. The zero-order chi connectivity index (χ0) is 23.0. The maximum atomic E-state index is 15.2. The fraction of sp³-hybridized carbons (Fsp3) is 0.625. The van der Waals surface area contributed by atoms with E-state index >= 15 is 4.39 Å². The summed E-state index contributed by atoms with van der Waals surface area (Å²) in [5.41, 5.74) is -1.27. The van der Waals surface area contributed by atoms with Gasteiger partial charge in [0.25, 0.3) is 0 Å². The first-order valence-electron chi connectivity index (χ1n) is 8.63. The van der Waals surface area contributed by atoms with E-state index in [1.54, 1.807) is 0 Å². The highest BCUT2D eigenvalue weighted by Gasteiger charge is 2.48. The summed E-state index contributed by atoms with van der Waals surface area (Å²) >= 11 is 0. The quantitative estimate of drug-likeness (QED) is 0.619. The molecule has 1 aliphatic rings. The van der Waals surface area contributed by atoms with E-state index in [1.807, 2.05) is 4.72 Å². The van der Waals surface area contributed by atoms with Crippen LogP contribution in [0.4, 0.5) is 30.7 Å². The number of alkyl halides is 7. The van der Waals surface area contributed by atoms with Crippen LogP contribution in [0.25, 0.3) is 0 Å². The van der Waals surface area contributed by atoms with Crippen molar-refractivity contribution in [3.8, 4) is 0 Å². The van der Waals surface area contributed by atoms with Crippen molar-refractivity contribution >= 4 is 19.9 Å². The minimum Gasteiger partial charge on any atom is -0.226 e. The van der Waals surface area contributed by atoms with Gasteiger partial charge in [-0.2, -0.15) is 26.3 Å². The molecule has 0 aromatic heterocycles. The molecular formula is C16H18F7NO4S2. The van der Waals surface area contributed by atoms with Gasteiger partial charge in [-0.05, 0) is 43.9 Å². The zero-order valence-electron chi connectivity index (χ0n) is 15.2. The largest absolute Gasteiger partial charge is 0.416 e. The lowest BCUT2D eigenvalue weighted by molar-refractivity contribution is -0.137. The van der Waals surface area contributed by atoms with Crippen molar-refractivity contribution in [2.24, 2.45) is 0 Å². The van der Waals surface area contributed by atoms with Crippen LogP contribution in [0.5, 0.6) is 0 Å². The molecule has 14 heteroatoms. The third-order valence-electron chi connectivity index (χ3n) is 4.69. The summed E-state index contributed by atoms with van der Waals surface area (Å²) in [4.78, 5) is -0.857. The van der Waals surface area contributed by atoms with E-state index in [4.69, 9.17) is 0 Å². The van der Waals surface area contributed by atoms with Gasteiger partial charge in [-0.1, -0.05) is 6.07 Å². The van der Waals surface area contributed by atoms with Crippen molar-refractivity contribution in [3.05, 3.63) is 29.8 Å². The first-order valence-corrected chi connectivity index (χ1v) is 11.8. The van der Waals surface area contributed by atoms with Gasteiger partial charge in [0, 0.05) is 6.04 Å². The van der Waals surface area contributed by atoms with Gasteiger partial charge in [-0.3, -0.25) is 0 Å². The van der Waals surface area contributed by atoms with E-state index in [2.05, 4.69) is 0 Å². The molecule has 0 atom stereocenters. The minimum absolute atomic E-state index is 0.322. The van der Waals surface area contributed by atoms with Gasteiger partial charge in [0.05, 0.1) is 22.6 Å². The monoisotopic (exact) mass is 485 g/mol. The molecule has 1 saturated carbocycles. The molecule has 2 rings (SSSR count). The Balaban J connectivity index is 2.10. The fourth-order valence-electron chi connectivity index (χ4n) is 3.05. The van der Waals surface area contributed by atoms with E-state index in [0.717, 1.165) is 12.1 Å². The second-order valence-corrected chi connectivity index (χ2v) is 11.1. The van der Waals surface area contributed by atoms with Crippen molar-refractivity contribution in [1.29, 1.82) is 0 Å². The molecule has 1 aromatic rings. The third-order valence-corrected chi connectivity index (χ3v) is 8.37. The first-order chi connectivity index (χ1) is 13.5. The summed E-state index contributed by atoms with van der Waals surface area (Å²) in [7, 11) is -9.16. The second kappa shape index (κ2) is 8.26. The number of halogens is 7. The summed E-state index contributed by atoms with van der Waals surface area (Å²) < 4.78 is 141. The van der Waals surface area contributed by atoms with Crippen LogP contribution in [-0.2, 0) is 26.0 Å². The highest BCUT2D eigenvalue weighted by atomic mass is 32.2. The van der Waals surface area contributed by atoms with E-state index < -0.39 is 78.7 Å². The number of sulfone groups is 1.